The number of nitrogens with zero attached hydrogens (tertiary/aromatic N) is 2. The van der Waals surface area contributed by atoms with E-state index in [4.69, 9.17) is 0 Å². The molecular formula is C47H32N2S. The van der Waals surface area contributed by atoms with Crippen LogP contribution in [0.4, 0.5) is 17.1 Å². The van der Waals surface area contributed by atoms with Gasteiger partial charge in [-0.15, -0.1) is 11.3 Å². The molecule has 0 unspecified atom stereocenters. The maximum Gasteiger partial charge on any atom is 0.0643 e. The van der Waals surface area contributed by atoms with Crippen molar-refractivity contribution in [3.63, 3.8) is 0 Å². The van der Waals surface area contributed by atoms with Crippen LogP contribution in [0.1, 0.15) is 5.56 Å². The fourth-order valence-corrected chi connectivity index (χ4v) is 9.12. The number of hydrogen-bond donors (Lipinski definition) is 0. The fourth-order valence-electron chi connectivity index (χ4n) is 7.80. The summed E-state index contributed by atoms with van der Waals surface area (Å²) in [7, 11) is 0. The Morgan fingerprint density at radius 1 is 0.460 bits per heavy atom. The number of fused-ring (bicyclic) bond motifs is 7. The summed E-state index contributed by atoms with van der Waals surface area (Å²) >= 11 is 1.90. The van der Waals surface area contributed by atoms with Crippen LogP contribution >= 0.6 is 11.3 Å². The Bertz CT molecular complexity index is 2880. The normalized spacial score (nSPS) is 11.7. The van der Waals surface area contributed by atoms with Crippen molar-refractivity contribution in [1.82, 2.24) is 4.57 Å². The molecule has 0 aliphatic rings. The van der Waals surface area contributed by atoms with Gasteiger partial charge in [-0.3, -0.25) is 0 Å². The van der Waals surface area contributed by atoms with Crippen LogP contribution in [0.25, 0.3) is 69.6 Å². The molecular weight excluding hydrogens is 625 g/mol. The highest BCUT2D eigenvalue weighted by molar-refractivity contribution is 7.27. The minimum Gasteiger partial charge on any atom is -0.309 e. The van der Waals surface area contributed by atoms with Crippen molar-refractivity contribution < 1.29 is 0 Å². The zero-order chi connectivity index (χ0) is 33.2. The molecule has 2 aromatic heterocycles. The van der Waals surface area contributed by atoms with Crippen molar-refractivity contribution in [3.8, 4) is 16.8 Å². The standard InChI is InChI=1S/C47H32N2S/c1-31-28-41-40-23-13-22-37(33-26-27-39-38-21-10-11-24-43(38)48(44(39)30-33)34-16-4-2-5-17-34)46(40)50-47(41)45(29-31)49(35-18-6-3-7-19-35)42-25-12-15-32-14-8-9-20-36(32)42/h2-30H,1H3. The van der Waals surface area contributed by atoms with Crippen molar-refractivity contribution in [2.24, 2.45) is 0 Å². The Labute approximate surface area is 294 Å². The third-order valence-corrected chi connectivity index (χ3v) is 11.3. The molecule has 8 aromatic carbocycles. The monoisotopic (exact) mass is 656 g/mol. The van der Waals surface area contributed by atoms with E-state index in [0.29, 0.717) is 0 Å². The van der Waals surface area contributed by atoms with E-state index < -0.39 is 0 Å². The Morgan fingerprint density at radius 2 is 1.14 bits per heavy atom. The van der Waals surface area contributed by atoms with Crippen molar-refractivity contribution in [2.75, 3.05) is 4.90 Å². The second kappa shape index (κ2) is 11.5. The number of anilines is 3. The molecule has 0 fully saturated rings. The van der Waals surface area contributed by atoms with E-state index in [1.165, 1.54) is 86.5 Å². The van der Waals surface area contributed by atoms with Gasteiger partial charge in [0.15, 0.2) is 0 Å². The second-order valence-electron chi connectivity index (χ2n) is 13.0. The van der Waals surface area contributed by atoms with Crippen LogP contribution < -0.4 is 4.90 Å². The van der Waals surface area contributed by atoms with E-state index in [2.05, 4.69) is 192 Å². The molecule has 0 saturated carbocycles. The summed E-state index contributed by atoms with van der Waals surface area (Å²) in [4.78, 5) is 2.46. The fraction of sp³-hybridized carbons (Fsp3) is 0.0213. The van der Waals surface area contributed by atoms with E-state index in [0.717, 1.165) is 5.69 Å². The zero-order valence-corrected chi connectivity index (χ0v) is 28.4. The molecule has 50 heavy (non-hydrogen) atoms. The minimum absolute atomic E-state index is 1.15. The molecule has 0 N–H and O–H groups in total. The molecule has 0 amide bonds. The van der Waals surface area contributed by atoms with Crippen LogP contribution in [-0.2, 0) is 0 Å². The van der Waals surface area contributed by atoms with Crippen LogP contribution in [-0.4, -0.2) is 4.57 Å². The maximum atomic E-state index is 2.46. The summed E-state index contributed by atoms with van der Waals surface area (Å²) in [5, 5.41) is 7.59. The Hall–Kier alpha value is -6.16. The highest BCUT2D eigenvalue weighted by Crippen LogP contribution is 2.49. The predicted molar refractivity (Wildman–Crippen MR) is 216 cm³/mol. The summed E-state index contributed by atoms with van der Waals surface area (Å²) in [5.41, 5.74) is 10.9. The topological polar surface area (TPSA) is 8.17 Å². The molecule has 3 heteroatoms. The van der Waals surface area contributed by atoms with E-state index in [-0.39, 0.29) is 0 Å². The third kappa shape index (κ3) is 4.48. The first-order chi connectivity index (χ1) is 24.7. The van der Waals surface area contributed by atoms with Gasteiger partial charge in [0, 0.05) is 43.0 Å². The number of aromatic nitrogens is 1. The van der Waals surface area contributed by atoms with Crippen molar-refractivity contribution >= 4 is 81.1 Å². The van der Waals surface area contributed by atoms with Crippen LogP contribution in [0.2, 0.25) is 0 Å². The second-order valence-corrected chi connectivity index (χ2v) is 14.1. The first kappa shape index (κ1) is 28.8. The molecule has 0 aliphatic carbocycles. The number of hydrogen-bond acceptors (Lipinski definition) is 2. The Morgan fingerprint density at radius 3 is 2.00 bits per heavy atom. The molecule has 0 saturated heterocycles. The van der Waals surface area contributed by atoms with Crippen molar-refractivity contribution in [2.45, 2.75) is 6.92 Å². The van der Waals surface area contributed by atoms with E-state index >= 15 is 0 Å². The van der Waals surface area contributed by atoms with Gasteiger partial charge in [0.05, 0.1) is 27.1 Å². The van der Waals surface area contributed by atoms with E-state index in [1.54, 1.807) is 0 Å². The summed E-state index contributed by atoms with van der Waals surface area (Å²) in [6.07, 6.45) is 0. The molecule has 0 bridgehead atoms. The SMILES string of the molecule is Cc1cc(N(c2ccccc2)c2cccc3ccccc23)c2sc3c(-c4ccc5c6ccccc6n(-c6ccccc6)c5c4)cccc3c2c1. The molecule has 10 aromatic rings. The molecule has 0 aliphatic heterocycles. The van der Waals surface area contributed by atoms with Crippen LogP contribution in [0, 0.1) is 6.92 Å². The molecule has 236 valence electrons. The number of para-hydroxylation sites is 3. The lowest BCUT2D eigenvalue weighted by atomic mass is 10.00. The smallest absolute Gasteiger partial charge is 0.0643 e. The third-order valence-electron chi connectivity index (χ3n) is 9.98. The molecule has 0 radical (unpaired) electrons. The first-order valence-corrected chi connectivity index (χ1v) is 17.9. The highest BCUT2D eigenvalue weighted by Gasteiger charge is 2.22. The van der Waals surface area contributed by atoms with Gasteiger partial charge in [0.2, 0.25) is 0 Å². The van der Waals surface area contributed by atoms with Crippen molar-refractivity contribution in [3.05, 3.63) is 181 Å². The zero-order valence-electron chi connectivity index (χ0n) is 27.5. The molecule has 0 spiro atoms. The molecule has 2 heterocycles. The van der Waals surface area contributed by atoms with Gasteiger partial charge in [-0.1, -0.05) is 121 Å². The lowest BCUT2D eigenvalue weighted by molar-refractivity contribution is 1.18. The minimum atomic E-state index is 1.15. The Kier molecular flexibility index (Phi) is 6.61. The summed E-state index contributed by atoms with van der Waals surface area (Å²) in [6.45, 7) is 2.22. The van der Waals surface area contributed by atoms with Gasteiger partial charge < -0.3 is 9.47 Å². The van der Waals surface area contributed by atoms with Gasteiger partial charge in [0.25, 0.3) is 0 Å². The van der Waals surface area contributed by atoms with Gasteiger partial charge in [-0.2, -0.15) is 0 Å². The number of thiophene rings is 1. The predicted octanol–water partition coefficient (Wildman–Crippen LogP) is 13.8. The first-order valence-electron chi connectivity index (χ1n) is 17.1. The number of aryl methyl sites for hydroxylation is 1. The average Bonchev–Trinajstić information content (AvgIpc) is 3.71. The van der Waals surface area contributed by atoms with Crippen LogP contribution in [0.15, 0.2) is 176 Å². The summed E-state index contributed by atoms with van der Waals surface area (Å²) < 4.78 is 5.00. The highest BCUT2D eigenvalue weighted by atomic mass is 32.1. The summed E-state index contributed by atoms with van der Waals surface area (Å²) in [6, 6.07) is 64.1. The average molecular weight is 657 g/mol. The van der Waals surface area contributed by atoms with Gasteiger partial charge in [-0.25, -0.2) is 0 Å². The lowest BCUT2D eigenvalue weighted by Gasteiger charge is -2.27. The molecule has 0 atom stereocenters. The van der Waals surface area contributed by atoms with Crippen molar-refractivity contribution in [1.29, 1.82) is 0 Å². The lowest BCUT2D eigenvalue weighted by Crippen LogP contribution is -2.10. The summed E-state index contributed by atoms with van der Waals surface area (Å²) in [5.74, 6) is 0. The Balaban J connectivity index is 1.23. The van der Waals surface area contributed by atoms with Gasteiger partial charge in [-0.05, 0) is 83.6 Å². The molecule has 2 nitrogen and oxygen atoms in total. The largest absolute Gasteiger partial charge is 0.309 e. The maximum absolute atomic E-state index is 2.46. The van der Waals surface area contributed by atoms with Crippen LogP contribution in [0.3, 0.4) is 0 Å². The van der Waals surface area contributed by atoms with Gasteiger partial charge >= 0.3 is 0 Å². The van der Waals surface area contributed by atoms with E-state index in [1.807, 2.05) is 11.3 Å². The quantitative estimate of drug-likeness (QED) is 0.179. The van der Waals surface area contributed by atoms with Gasteiger partial charge in [0.1, 0.15) is 0 Å². The molecule has 10 rings (SSSR count). The van der Waals surface area contributed by atoms with E-state index in [9.17, 15) is 0 Å². The number of rotatable bonds is 5. The van der Waals surface area contributed by atoms with Crippen LogP contribution in [0.5, 0.6) is 0 Å². The number of benzene rings is 8.